The third-order valence-electron chi connectivity index (χ3n) is 4.62. The van der Waals surface area contributed by atoms with E-state index >= 15 is 0 Å². The molecule has 0 radical (unpaired) electrons. The van der Waals surface area contributed by atoms with E-state index in [4.69, 9.17) is 0 Å². The van der Waals surface area contributed by atoms with Crippen LogP contribution in [0.2, 0.25) is 0 Å². The molecule has 0 aliphatic carbocycles. The number of rotatable bonds is 4. The molecule has 6 nitrogen and oxygen atoms in total. The van der Waals surface area contributed by atoms with Crippen molar-refractivity contribution in [3.8, 4) is 0 Å². The quantitative estimate of drug-likeness (QED) is 0.841. The van der Waals surface area contributed by atoms with Crippen LogP contribution < -0.4 is 10.6 Å². The molecule has 0 saturated carbocycles. The van der Waals surface area contributed by atoms with E-state index in [1.807, 2.05) is 24.3 Å². The van der Waals surface area contributed by atoms with Gasteiger partial charge in [-0.3, -0.25) is 4.79 Å². The first kappa shape index (κ1) is 19.4. The maximum atomic E-state index is 12.5. The first-order valence-electron chi connectivity index (χ1n) is 8.97. The molecule has 27 heavy (non-hydrogen) atoms. The number of carbonyl (C=O) groups excluding carboxylic acids is 1. The monoisotopic (exact) mass is 387 g/mol. The highest BCUT2D eigenvalue weighted by atomic mass is 32.2. The van der Waals surface area contributed by atoms with Crippen LogP contribution in [-0.2, 0) is 15.3 Å². The van der Waals surface area contributed by atoms with Gasteiger partial charge in [0.2, 0.25) is 0 Å². The summed E-state index contributed by atoms with van der Waals surface area (Å²) < 4.78 is 23.1. The number of hydrogen-bond donors (Lipinski definition) is 2. The second-order valence-corrected chi connectivity index (χ2v) is 10.2. The fourth-order valence-electron chi connectivity index (χ4n) is 3.03. The lowest BCUT2D eigenvalue weighted by atomic mass is 9.87. The number of anilines is 2. The Hall–Kier alpha value is -2.41. The van der Waals surface area contributed by atoms with Crippen LogP contribution in [0, 0.1) is 0 Å². The van der Waals surface area contributed by atoms with E-state index in [1.165, 1.54) is 5.56 Å². The molecular weight excluding hydrogens is 362 g/mol. The highest BCUT2D eigenvalue weighted by Gasteiger charge is 2.28. The molecule has 1 aliphatic rings. The van der Waals surface area contributed by atoms with Crippen LogP contribution >= 0.6 is 0 Å². The number of hydrogen-bond acceptors (Lipinski definition) is 5. The molecule has 2 N–H and O–H groups in total. The molecule has 0 spiro atoms. The Kier molecular flexibility index (Phi) is 5.24. The summed E-state index contributed by atoms with van der Waals surface area (Å²) in [6, 6.07) is 10.9. The van der Waals surface area contributed by atoms with Crippen molar-refractivity contribution in [1.29, 1.82) is 0 Å². The number of carbonyl (C=O) groups is 1. The average molecular weight is 388 g/mol. The van der Waals surface area contributed by atoms with E-state index < -0.39 is 9.84 Å². The van der Waals surface area contributed by atoms with Crippen molar-refractivity contribution in [2.45, 2.75) is 38.6 Å². The Balaban J connectivity index is 1.67. The van der Waals surface area contributed by atoms with Crippen LogP contribution in [0.4, 0.5) is 11.5 Å². The number of aromatic nitrogens is 1. The SMILES string of the molecule is CC(C)(C)c1ccc(NC(=O)c2ccnc(NC3CCS(=O)(=O)C3)c2)cc1. The summed E-state index contributed by atoms with van der Waals surface area (Å²) >= 11 is 0. The minimum Gasteiger partial charge on any atom is -0.366 e. The Bertz CT molecular complexity index is 932. The Morgan fingerprint density at radius 2 is 1.85 bits per heavy atom. The number of nitrogens with one attached hydrogen (secondary N) is 2. The van der Waals surface area contributed by atoms with Crippen molar-refractivity contribution in [2.24, 2.45) is 0 Å². The lowest BCUT2D eigenvalue weighted by molar-refractivity contribution is 0.102. The van der Waals surface area contributed by atoms with Gasteiger partial charge in [-0.05, 0) is 41.7 Å². The number of benzene rings is 1. The first-order chi connectivity index (χ1) is 12.6. The van der Waals surface area contributed by atoms with Gasteiger partial charge >= 0.3 is 0 Å². The highest BCUT2D eigenvalue weighted by Crippen LogP contribution is 2.24. The maximum absolute atomic E-state index is 12.5. The second-order valence-electron chi connectivity index (χ2n) is 7.96. The van der Waals surface area contributed by atoms with Crippen molar-refractivity contribution >= 4 is 27.2 Å². The molecule has 1 aliphatic heterocycles. The van der Waals surface area contributed by atoms with E-state index in [2.05, 4.69) is 36.4 Å². The van der Waals surface area contributed by atoms with Crippen molar-refractivity contribution < 1.29 is 13.2 Å². The van der Waals surface area contributed by atoms with E-state index in [0.29, 0.717) is 17.8 Å². The largest absolute Gasteiger partial charge is 0.366 e. The van der Waals surface area contributed by atoms with Crippen molar-refractivity contribution in [2.75, 3.05) is 22.1 Å². The molecule has 1 saturated heterocycles. The minimum atomic E-state index is -2.97. The Morgan fingerprint density at radius 3 is 2.44 bits per heavy atom. The van der Waals surface area contributed by atoms with Crippen molar-refractivity contribution in [1.82, 2.24) is 4.98 Å². The van der Waals surface area contributed by atoms with E-state index in [9.17, 15) is 13.2 Å². The molecular formula is C20H25N3O3S. The summed E-state index contributed by atoms with van der Waals surface area (Å²) in [5.74, 6) is 0.566. The molecule has 1 fully saturated rings. The Morgan fingerprint density at radius 1 is 1.15 bits per heavy atom. The minimum absolute atomic E-state index is 0.0575. The maximum Gasteiger partial charge on any atom is 0.255 e. The third kappa shape index (κ3) is 5.07. The topological polar surface area (TPSA) is 88.2 Å². The fourth-order valence-corrected chi connectivity index (χ4v) is 4.70. The number of nitrogens with zero attached hydrogens (tertiary/aromatic N) is 1. The predicted octanol–water partition coefficient (Wildman–Crippen LogP) is 3.23. The summed E-state index contributed by atoms with van der Waals surface area (Å²) in [5, 5.41) is 5.99. The molecule has 1 unspecified atom stereocenters. The van der Waals surface area contributed by atoms with Crippen molar-refractivity contribution in [3.05, 3.63) is 53.7 Å². The van der Waals surface area contributed by atoms with Crippen LogP contribution in [0.15, 0.2) is 42.6 Å². The summed E-state index contributed by atoms with van der Waals surface area (Å²) in [6.07, 6.45) is 2.10. The lowest BCUT2D eigenvalue weighted by Crippen LogP contribution is -2.21. The van der Waals surface area contributed by atoms with Gasteiger partial charge in [0.05, 0.1) is 11.5 Å². The van der Waals surface area contributed by atoms with Gasteiger partial charge in [0, 0.05) is 23.5 Å². The zero-order valence-corrected chi connectivity index (χ0v) is 16.6. The molecule has 2 aromatic rings. The van der Waals surface area contributed by atoms with Crippen LogP contribution in [0.5, 0.6) is 0 Å². The third-order valence-corrected chi connectivity index (χ3v) is 6.38. The summed E-state index contributed by atoms with van der Waals surface area (Å²) in [5.41, 5.74) is 2.44. The van der Waals surface area contributed by atoms with Gasteiger partial charge < -0.3 is 10.6 Å². The van der Waals surface area contributed by atoms with Gasteiger partial charge in [-0.2, -0.15) is 0 Å². The molecule has 0 bridgehead atoms. The van der Waals surface area contributed by atoms with Crippen LogP contribution in [0.1, 0.15) is 43.1 Å². The molecule has 7 heteroatoms. The van der Waals surface area contributed by atoms with Gasteiger partial charge in [0.25, 0.3) is 5.91 Å². The zero-order chi connectivity index (χ0) is 19.7. The fraction of sp³-hybridized carbons (Fsp3) is 0.400. The smallest absolute Gasteiger partial charge is 0.255 e. The van der Waals surface area contributed by atoms with Gasteiger partial charge in [0.1, 0.15) is 5.82 Å². The summed E-state index contributed by atoms with van der Waals surface area (Å²) in [6.45, 7) is 6.42. The van der Waals surface area contributed by atoms with Gasteiger partial charge in [-0.15, -0.1) is 0 Å². The van der Waals surface area contributed by atoms with Gasteiger partial charge in [-0.1, -0.05) is 32.9 Å². The lowest BCUT2D eigenvalue weighted by Gasteiger charge is -2.19. The zero-order valence-electron chi connectivity index (χ0n) is 15.8. The second kappa shape index (κ2) is 7.31. The van der Waals surface area contributed by atoms with Gasteiger partial charge in [-0.25, -0.2) is 13.4 Å². The van der Waals surface area contributed by atoms with E-state index in [-0.39, 0.29) is 28.9 Å². The summed E-state index contributed by atoms with van der Waals surface area (Å²) in [4.78, 5) is 16.7. The predicted molar refractivity (Wildman–Crippen MR) is 108 cm³/mol. The van der Waals surface area contributed by atoms with Crippen LogP contribution in [0.25, 0.3) is 0 Å². The van der Waals surface area contributed by atoms with Crippen LogP contribution in [0.3, 0.4) is 0 Å². The highest BCUT2D eigenvalue weighted by molar-refractivity contribution is 7.91. The molecule has 1 aromatic carbocycles. The standard InChI is InChI=1S/C20H25N3O3S/c1-20(2,3)15-4-6-16(7-5-15)23-19(24)14-8-10-21-18(12-14)22-17-9-11-27(25,26)13-17/h4-8,10,12,17H,9,11,13H2,1-3H3,(H,21,22)(H,23,24). The van der Waals surface area contributed by atoms with Crippen LogP contribution in [-0.4, -0.2) is 36.9 Å². The normalized spacial score (nSPS) is 18.9. The Labute approximate surface area is 160 Å². The van der Waals surface area contributed by atoms with E-state index in [1.54, 1.807) is 18.3 Å². The number of sulfone groups is 1. The van der Waals surface area contributed by atoms with Crippen molar-refractivity contribution in [3.63, 3.8) is 0 Å². The molecule has 1 amide bonds. The first-order valence-corrected chi connectivity index (χ1v) is 10.8. The molecule has 1 atom stereocenters. The van der Waals surface area contributed by atoms with E-state index in [0.717, 1.165) is 5.69 Å². The molecule has 144 valence electrons. The van der Waals surface area contributed by atoms with Gasteiger partial charge in [0.15, 0.2) is 9.84 Å². The number of pyridine rings is 1. The number of amides is 1. The molecule has 2 heterocycles. The molecule has 3 rings (SSSR count). The summed E-state index contributed by atoms with van der Waals surface area (Å²) in [7, 11) is -2.97. The molecule has 1 aromatic heterocycles. The average Bonchev–Trinajstić information content (AvgIpc) is 2.93.